The number of hydrazine groups is 2. The molecular weight excluding hydrogens is 558 g/mol. The monoisotopic (exact) mass is 595 g/mol. The van der Waals surface area contributed by atoms with Crippen LogP contribution in [-0.2, 0) is 28.1 Å². The summed E-state index contributed by atoms with van der Waals surface area (Å²) in [7, 11) is -0.312. The summed E-state index contributed by atoms with van der Waals surface area (Å²) in [6, 6.07) is 8.84. The van der Waals surface area contributed by atoms with Crippen LogP contribution in [0.1, 0.15) is 66.6 Å². The number of benzene rings is 2. The van der Waals surface area contributed by atoms with E-state index in [1.807, 2.05) is 51.6 Å². The molecule has 0 saturated heterocycles. The van der Waals surface area contributed by atoms with Gasteiger partial charge in [-0.2, -0.15) is 0 Å². The van der Waals surface area contributed by atoms with Crippen LogP contribution in [0.25, 0.3) is 5.70 Å². The van der Waals surface area contributed by atoms with E-state index in [0.29, 0.717) is 29.9 Å². The molecule has 224 valence electrons. The van der Waals surface area contributed by atoms with Gasteiger partial charge in [0.1, 0.15) is 11.4 Å². The van der Waals surface area contributed by atoms with Crippen LogP contribution < -0.4 is 30.7 Å². The number of carbonyl (C=O) groups is 1. The van der Waals surface area contributed by atoms with Gasteiger partial charge in [-0.05, 0) is 60.6 Å². The zero-order chi connectivity index (χ0) is 30.6. The van der Waals surface area contributed by atoms with Crippen LogP contribution in [0.15, 0.2) is 42.7 Å². The van der Waals surface area contributed by atoms with E-state index < -0.39 is 21.5 Å². The number of anilines is 3. The number of hydrogen-bond acceptors (Lipinski definition) is 9. The van der Waals surface area contributed by atoms with Crippen molar-refractivity contribution < 1.29 is 23.1 Å². The second-order valence-corrected chi connectivity index (χ2v) is 13.6. The lowest BCUT2D eigenvalue weighted by Gasteiger charge is -2.24. The molecule has 42 heavy (non-hydrogen) atoms. The van der Waals surface area contributed by atoms with E-state index in [0.717, 1.165) is 34.5 Å². The van der Waals surface area contributed by atoms with Crippen molar-refractivity contribution >= 4 is 38.7 Å². The average molecular weight is 596 g/mol. The summed E-state index contributed by atoms with van der Waals surface area (Å²) >= 11 is 0. The number of nitrogens with one attached hydrogen (secondary N) is 4. The predicted octanol–water partition coefficient (Wildman–Crippen LogP) is 3.47. The summed E-state index contributed by atoms with van der Waals surface area (Å²) in [4.78, 5) is 18.0. The Morgan fingerprint density at radius 2 is 1.86 bits per heavy atom. The van der Waals surface area contributed by atoms with Gasteiger partial charge in [0.05, 0.1) is 54.2 Å². The fourth-order valence-corrected chi connectivity index (χ4v) is 5.41. The molecule has 0 bridgehead atoms. The third-order valence-electron chi connectivity index (χ3n) is 7.41. The van der Waals surface area contributed by atoms with E-state index in [1.165, 1.54) is 7.11 Å². The van der Waals surface area contributed by atoms with Crippen LogP contribution >= 0.6 is 0 Å². The maximum atomic E-state index is 13.5. The molecule has 1 fully saturated rings. The molecule has 1 aromatic heterocycles. The van der Waals surface area contributed by atoms with Crippen molar-refractivity contribution in [2.45, 2.75) is 51.6 Å². The second-order valence-electron chi connectivity index (χ2n) is 11.9. The summed E-state index contributed by atoms with van der Waals surface area (Å²) in [5.74, 6) is 0.448. The number of methoxy groups -OCH3 is 1. The Morgan fingerprint density at radius 1 is 1.17 bits per heavy atom. The summed E-state index contributed by atoms with van der Waals surface area (Å²) in [6.45, 7) is 7.93. The molecule has 3 aromatic rings. The molecule has 5 N–H and O–H groups in total. The molecule has 1 aliphatic heterocycles. The maximum absolute atomic E-state index is 13.5. The normalized spacial score (nSPS) is 16.1. The summed E-state index contributed by atoms with van der Waals surface area (Å²) in [5, 5.41) is 15.2. The van der Waals surface area contributed by atoms with Gasteiger partial charge in [-0.15, -0.1) is 5.53 Å². The number of imidazole rings is 1. The SMILES string of the molecule is COc1c(NC(=O)c2ccc(C)c(N3C=C(c4cnc(C5(O)CC5)n4C)NN3)c2)cc(C(C)(C)C)cc1NS(C)(=O)=O. The first-order valence-corrected chi connectivity index (χ1v) is 15.4. The highest BCUT2D eigenvalue weighted by atomic mass is 32.2. The standard InChI is InChI=1S/C29H37N7O5S/c1-17-8-9-18(12-23(17)36-16-22(32-34-36)24-15-30-27(35(24)5)29(38)10-11-29)26(37)31-20-13-19(28(2,3)4)14-21(25(20)41-6)33-42(7,39)40/h8-9,12-16,32-34,38H,10-11H2,1-7H3,(H,31,37). The van der Waals surface area contributed by atoms with E-state index >= 15 is 0 Å². The number of aryl methyl sites for hydroxylation is 1. The third kappa shape index (κ3) is 5.80. The number of sulfonamides is 1. The number of ether oxygens (including phenoxy) is 1. The van der Waals surface area contributed by atoms with Gasteiger partial charge in [0.15, 0.2) is 5.75 Å². The number of aromatic nitrogens is 2. The minimum Gasteiger partial charge on any atom is -0.492 e. The lowest BCUT2D eigenvalue weighted by Crippen LogP contribution is -2.36. The molecule has 12 nitrogen and oxygen atoms in total. The quantitative estimate of drug-likeness (QED) is 0.264. The van der Waals surface area contributed by atoms with E-state index in [1.54, 1.807) is 35.5 Å². The topological polar surface area (TPSA) is 150 Å². The van der Waals surface area contributed by atoms with Gasteiger partial charge in [0.2, 0.25) is 10.0 Å². The predicted molar refractivity (Wildman–Crippen MR) is 162 cm³/mol. The second kappa shape index (κ2) is 10.3. The molecule has 13 heteroatoms. The van der Waals surface area contributed by atoms with Crippen molar-refractivity contribution in [2.24, 2.45) is 7.05 Å². The molecule has 0 atom stereocenters. The molecule has 2 aliphatic rings. The fourth-order valence-electron chi connectivity index (χ4n) is 4.86. The largest absolute Gasteiger partial charge is 0.492 e. The van der Waals surface area contributed by atoms with Gasteiger partial charge < -0.3 is 19.7 Å². The fraction of sp³-hybridized carbons (Fsp3) is 0.379. The van der Waals surface area contributed by atoms with E-state index in [4.69, 9.17) is 4.74 Å². The lowest BCUT2D eigenvalue weighted by atomic mass is 9.86. The Morgan fingerprint density at radius 3 is 2.48 bits per heavy atom. The third-order valence-corrected chi connectivity index (χ3v) is 8.00. The zero-order valence-electron chi connectivity index (χ0n) is 24.8. The number of rotatable bonds is 8. The molecule has 0 spiro atoms. The molecule has 1 amide bonds. The van der Waals surface area contributed by atoms with E-state index in [9.17, 15) is 18.3 Å². The first kappa shape index (κ1) is 29.4. The molecule has 0 radical (unpaired) electrons. The molecule has 2 aromatic carbocycles. The highest BCUT2D eigenvalue weighted by Crippen LogP contribution is 2.45. The summed E-state index contributed by atoms with van der Waals surface area (Å²) in [5.41, 5.74) is 10.1. The Kier molecular flexibility index (Phi) is 7.24. The lowest BCUT2D eigenvalue weighted by molar-refractivity contribution is 0.102. The molecule has 2 heterocycles. The number of hydrogen-bond donors (Lipinski definition) is 5. The van der Waals surface area contributed by atoms with Gasteiger partial charge in [-0.1, -0.05) is 26.8 Å². The zero-order valence-corrected chi connectivity index (χ0v) is 25.6. The van der Waals surface area contributed by atoms with Crippen LogP contribution in [0.5, 0.6) is 5.75 Å². The first-order valence-electron chi connectivity index (χ1n) is 13.5. The van der Waals surface area contributed by atoms with Crippen LogP contribution in [0.2, 0.25) is 0 Å². The number of carbonyl (C=O) groups excluding carboxylic acids is 1. The molecule has 5 rings (SSSR count). The van der Waals surface area contributed by atoms with E-state index in [2.05, 4.69) is 26.0 Å². The molecule has 0 unspecified atom stereocenters. The van der Waals surface area contributed by atoms with Gasteiger partial charge in [-0.3, -0.25) is 20.0 Å². The minimum absolute atomic E-state index is 0.207. The van der Waals surface area contributed by atoms with Crippen molar-refractivity contribution in [1.82, 2.24) is 20.5 Å². The molecule has 1 saturated carbocycles. The van der Waals surface area contributed by atoms with Crippen molar-refractivity contribution in [3.05, 3.63) is 70.9 Å². The number of aliphatic hydroxyl groups is 1. The van der Waals surface area contributed by atoms with Crippen LogP contribution in [-0.4, -0.2) is 42.3 Å². The van der Waals surface area contributed by atoms with Crippen LogP contribution in [0.3, 0.4) is 0 Å². The van der Waals surface area contributed by atoms with Gasteiger partial charge in [-0.25, -0.2) is 13.4 Å². The number of amides is 1. The van der Waals surface area contributed by atoms with Gasteiger partial charge >= 0.3 is 0 Å². The van der Waals surface area contributed by atoms with Crippen molar-refractivity contribution in [1.29, 1.82) is 0 Å². The van der Waals surface area contributed by atoms with E-state index in [-0.39, 0.29) is 16.9 Å². The highest BCUT2D eigenvalue weighted by molar-refractivity contribution is 7.92. The first-order chi connectivity index (χ1) is 19.6. The number of nitrogens with zero attached hydrogens (tertiary/aromatic N) is 3. The highest BCUT2D eigenvalue weighted by Gasteiger charge is 2.46. The van der Waals surface area contributed by atoms with Crippen molar-refractivity contribution in [3.63, 3.8) is 0 Å². The maximum Gasteiger partial charge on any atom is 0.255 e. The van der Waals surface area contributed by atoms with Crippen LogP contribution in [0, 0.1) is 6.92 Å². The van der Waals surface area contributed by atoms with Gasteiger partial charge in [0.25, 0.3) is 5.91 Å². The average Bonchev–Trinajstić information content (AvgIpc) is 3.27. The Bertz CT molecular complexity index is 1700. The minimum atomic E-state index is -3.60. The van der Waals surface area contributed by atoms with Crippen LogP contribution in [0.4, 0.5) is 17.1 Å². The Balaban J connectivity index is 1.44. The van der Waals surface area contributed by atoms with Gasteiger partial charge in [0, 0.05) is 12.6 Å². The van der Waals surface area contributed by atoms with Crippen molar-refractivity contribution in [2.75, 3.05) is 28.4 Å². The summed E-state index contributed by atoms with van der Waals surface area (Å²) < 4.78 is 34.1. The Hall–Kier alpha value is -4.07. The van der Waals surface area contributed by atoms with Crippen molar-refractivity contribution in [3.8, 4) is 5.75 Å². The Labute approximate surface area is 245 Å². The molecule has 1 aliphatic carbocycles. The summed E-state index contributed by atoms with van der Waals surface area (Å²) in [6.07, 6.45) is 6.04. The smallest absolute Gasteiger partial charge is 0.255 e. The molecular formula is C29H37N7O5S.